The Morgan fingerprint density at radius 2 is 2.00 bits per heavy atom. The monoisotopic (exact) mass is 320 g/mol. The molecule has 2 N–H and O–H groups in total. The third kappa shape index (κ3) is 2.24. The molecule has 3 fully saturated rings. The number of hydrogen-bond donors (Lipinski definition) is 2. The molecule has 116 valence electrons. The van der Waals surface area contributed by atoms with Gasteiger partial charge in [-0.3, -0.25) is 9.69 Å². The zero-order valence-corrected chi connectivity index (χ0v) is 12.7. The molecule has 6 heteroatoms. The highest BCUT2D eigenvalue weighted by molar-refractivity contribution is 6.31. The molecule has 22 heavy (non-hydrogen) atoms. The lowest BCUT2D eigenvalue weighted by Crippen LogP contribution is -2.48. The molecule has 0 spiro atoms. The SMILES string of the molecule is O=C(N[C@@H]1C[C@H]1c1ccccc1Cl)[C@@H]1C[C@H]2C[C@H]2N1C(=O)O. The fraction of sp³-hybridized carbons (Fsp3) is 0.500. The molecule has 1 heterocycles. The first-order valence-electron chi connectivity index (χ1n) is 7.62. The third-order valence-electron chi connectivity index (χ3n) is 5.05. The number of carbonyl (C=O) groups excluding carboxylic acids is 1. The Morgan fingerprint density at radius 3 is 2.73 bits per heavy atom. The lowest BCUT2D eigenvalue weighted by molar-refractivity contribution is -0.125. The molecular formula is C16H17ClN2O3. The van der Waals surface area contributed by atoms with E-state index in [0.717, 1.165) is 23.4 Å². The summed E-state index contributed by atoms with van der Waals surface area (Å²) in [4.78, 5) is 25.0. The maximum atomic E-state index is 12.4. The van der Waals surface area contributed by atoms with E-state index < -0.39 is 12.1 Å². The molecule has 5 nitrogen and oxygen atoms in total. The van der Waals surface area contributed by atoms with Gasteiger partial charge in [-0.2, -0.15) is 0 Å². The molecule has 0 unspecified atom stereocenters. The molecule has 5 atom stereocenters. The van der Waals surface area contributed by atoms with Gasteiger partial charge in [-0.15, -0.1) is 0 Å². The Bertz CT molecular complexity index is 650. The topological polar surface area (TPSA) is 69.6 Å². The highest BCUT2D eigenvalue weighted by Crippen LogP contribution is 2.48. The maximum Gasteiger partial charge on any atom is 0.408 e. The van der Waals surface area contributed by atoms with Gasteiger partial charge in [0.05, 0.1) is 0 Å². The third-order valence-corrected chi connectivity index (χ3v) is 5.39. The van der Waals surface area contributed by atoms with Crippen molar-refractivity contribution in [1.82, 2.24) is 10.2 Å². The number of carbonyl (C=O) groups is 2. The normalized spacial score (nSPS) is 35.0. The minimum absolute atomic E-state index is 0.0619. The fourth-order valence-corrected chi connectivity index (χ4v) is 3.99. The number of fused-ring (bicyclic) bond motifs is 1. The number of carboxylic acid groups (broad SMARTS) is 1. The van der Waals surface area contributed by atoms with Crippen molar-refractivity contribution in [3.05, 3.63) is 34.9 Å². The average molecular weight is 321 g/mol. The molecule has 1 saturated heterocycles. The van der Waals surface area contributed by atoms with Crippen molar-refractivity contribution in [3.63, 3.8) is 0 Å². The van der Waals surface area contributed by atoms with Gasteiger partial charge in [0.1, 0.15) is 6.04 Å². The quantitative estimate of drug-likeness (QED) is 0.898. The number of piperidine rings is 1. The minimum atomic E-state index is -0.983. The fourth-order valence-electron chi connectivity index (χ4n) is 3.72. The zero-order chi connectivity index (χ0) is 15.4. The molecular weight excluding hydrogens is 304 g/mol. The summed E-state index contributed by atoms with van der Waals surface area (Å²) in [6.45, 7) is 0. The molecule has 3 aliphatic rings. The van der Waals surface area contributed by atoms with Crippen LogP contribution in [0, 0.1) is 5.92 Å². The van der Waals surface area contributed by atoms with Gasteiger partial charge in [0.25, 0.3) is 0 Å². The predicted octanol–water partition coefficient (Wildman–Crippen LogP) is 2.45. The summed E-state index contributed by atoms with van der Waals surface area (Å²) >= 11 is 6.18. The van der Waals surface area contributed by atoms with Gasteiger partial charge < -0.3 is 10.4 Å². The Kier molecular flexibility index (Phi) is 3.08. The first kappa shape index (κ1) is 13.9. The van der Waals surface area contributed by atoms with E-state index in [1.54, 1.807) is 0 Å². The maximum absolute atomic E-state index is 12.4. The zero-order valence-electron chi connectivity index (χ0n) is 11.9. The van der Waals surface area contributed by atoms with E-state index in [1.807, 2.05) is 24.3 Å². The van der Waals surface area contributed by atoms with Crippen LogP contribution in [0.5, 0.6) is 0 Å². The van der Waals surface area contributed by atoms with Crippen molar-refractivity contribution in [1.29, 1.82) is 0 Å². The van der Waals surface area contributed by atoms with Gasteiger partial charge in [-0.05, 0) is 36.8 Å². The van der Waals surface area contributed by atoms with E-state index >= 15 is 0 Å². The second kappa shape index (κ2) is 4.88. The number of halogens is 1. The van der Waals surface area contributed by atoms with Crippen LogP contribution in [0.2, 0.25) is 5.02 Å². The van der Waals surface area contributed by atoms with Gasteiger partial charge >= 0.3 is 6.09 Å². The van der Waals surface area contributed by atoms with E-state index in [9.17, 15) is 14.7 Å². The van der Waals surface area contributed by atoms with Gasteiger partial charge in [-0.1, -0.05) is 29.8 Å². The van der Waals surface area contributed by atoms with Crippen LogP contribution in [0.3, 0.4) is 0 Å². The number of nitrogens with zero attached hydrogens (tertiary/aromatic N) is 1. The van der Waals surface area contributed by atoms with Gasteiger partial charge in [-0.25, -0.2) is 4.79 Å². The molecule has 1 aromatic rings. The van der Waals surface area contributed by atoms with E-state index in [4.69, 9.17) is 11.6 Å². The highest BCUT2D eigenvalue weighted by Gasteiger charge is 2.57. The largest absolute Gasteiger partial charge is 0.465 e. The van der Waals surface area contributed by atoms with Gasteiger partial charge in [0.2, 0.25) is 5.91 Å². The summed E-state index contributed by atoms with van der Waals surface area (Å²) in [5.74, 6) is 0.464. The second-order valence-corrected chi connectivity index (χ2v) is 6.89. The van der Waals surface area contributed by atoms with Crippen LogP contribution in [0.4, 0.5) is 4.79 Å². The van der Waals surface area contributed by atoms with Gasteiger partial charge in [0.15, 0.2) is 0 Å². The molecule has 1 aliphatic heterocycles. The lowest BCUT2D eigenvalue weighted by Gasteiger charge is -2.23. The summed E-state index contributed by atoms with van der Waals surface area (Å²) < 4.78 is 0. The molecule has 4 rings (SSSR count). The van der Waals surface area contributed by atoms with Crippen LogP contribution >= 0.6 is 11.6 Å². The predicted molar refractivity (Wildman–Crippen MR) is 80.9 cm³/mol. The number of amides is 2. The number of benzene rings is 1. The summed E-state index contributed by atoms with van der Waals surface area (Å²) in [5.41, 5.74) is 1.05. The molecule has 0 aromatic heterocycles. The summed E-state index contributed by atoms with van der Waals surface area (Å²) in [6, 6.07) is 7.27. The molecule has 0 bridgehead atoms. The van der Waals surface area contributed by atoms with Crippen LogP contribution in [-0.2, 0) is 4.79 Å². The Hall–Kier alpha value is -1.75. The van der Waals surface area contributed by atoms with Crippen LogP contribution in [0.25, 0.3) is 0 Å². The first-order chi connectivity index (χ1) is 10.6. The number of hydrogen-bond acceptors (Lipinski definition) is 2. The van der Waals surface area contributed by atoms with Crippen molar-refractivity contribution in [2.75, 3.05) is 0 Å². The molecule has 0 radical (unpaired) electrons. The Balaban J connectivity index is 1.40. The summed E-state index contributed by atoms with van der Waals surface area (Å²) in [5, 5.41) is 13.0. The van der Waals surface area contributed by atoms with Crippen molar-refractivity contribution >= 4 is 23.6 Å². The molecule has 1 aromatic carbocycles. The lowest BCUT2D eigenvalue weighted by atomic mass is 10.1. The highest BCUT2D eigenvalue weighted by atomic mass is 35.5. The summed E-state index contributed by atoms with van der Waals surface area (Å²) in [6.07, 6.45) is 1.44. The van der Waals surface area contributed by atoms with Crippen molar-refractivity contribution in [2.24, 2.45) is 5.92 Å². The smallest absolute Gasteiger partial charge is 0.408 e. The minimum Gasteiger partial charge on any atom is -0.465 e. The van der Waals surface area contributed by atoms with Crippen molar-refractivity contribution < 1.29 is 14.7 Å². The van der Waals surface area contributed by atoms with Crippen molar-refractivity contribution in [2.45, 2.75) is 43.3 Å². The first-order valence-corrected chi connectivity index (χ1v) is 8.00. The molecule has 2 aliphatic carbocycles. The Morgan fingerprint density at radius 1 is 1.23 bits per heavy atom. The van der Waals surface area contributed by atoms with E-state index in [2.05, 4.69) is 5.32 Å². The number of likely N-dealkylation sites (tertiary alicyclic amines) is 1. The van der Waals surface area contributed by atoms with Crippen LogP contribution in [-0.4, -0.2) is 40.1 Å². The second-order valence-electron chi connectivity index (χ2n) is 6.48. The number of rotatable bonds is 3. The van der Waals surface area contributed by atoms with Crippen LogP contribution in [0.15, 0.2) is 24.3 Å². The average Bonchev–Trinajstić information content (AvgIpc) is 3.38. The van der Waals surface area contributed by atoms with E-state index in [-0.39, 0.29) is 23.9 Å². The van der Waals surface area contributed by atoms with E-state index in [1.165, 1.54) is 4.90 Å². The van der Waals surface area contributed by atoms with E-state index in [0.29, 0.717) is 12.3 Å². The van der Waals surface area contributed by atoms with Crippen molar-refractivity contribution in [3.8, 4) is 0 Å². The standard InChI is InChI=1S/C16H17ClN2O3/c17-11-4-2-1-3-9(11)10-7-12(10)18-15(20)14-6-8-5-13(8)19(14)16(21)22/h1-4,8,10,12-14H,5-7H2,(H,18,20)(H,21,22)/t8-,10+,12-,13-,14+/m1/s1. The number of nitrogens with one attached hydrogen (secondary N) is 1. The van der Waals surface area contributed by atoms with Gasteiger partial charge in [0, 0.05) is 23.0 Å². The Labute approximate surface area is 133 Å². The summed E-state index contributed by atoms with van der Waals surface area (Å²) in [7, 11) is 0. The van der Waals surface area contributed by atoms with Crippen LogP contribution < -0.4 is 5.32 Å². The van der Waals surface area contributed by atoms with Crippen LogP contribution in [0.1, 0.15) is 30.7 Å². The molecule has 2 amide bonds. The molecule has 2 saturated carbocycles.